The van der Waals surface area contributed by atoms with Crippen LogP contribution in [0.25, 0.3) is 0 Å². The summed E-state index contributed by atoms with van der Waals surface area (Å²) >= 11 is 1.44. The zero-order valence-corrected chi connectivity index (χ0v) is 10.3. The highest BCUT2D eigenvalue weighted by Gasteiger charge is 2.30. The zero-order valence-electron chi connectivity index (χ0n) is 8.68. The Hall–Kier alpha value is -0.690. The van der Waals surface area contributed by atoms with Crippen molar-refractivity contribution < 1.29 is 4.79 Å². The summed E-state index contributed by atoms with van der Waals surface area (Å²) < 4.78 is 0. The van der Waals surface area contributed by atoms with Gasteiger partial charge in [0.25, 0.3) is 5.91 Å². The molecule has 0 aliphatic carbocycles. The molecule has 1 amide bonds. The number of rotatable bonds is 1. The minimum atomic E-state index is -0.412. The van der Waals surface area contributed by atoms with E-state index in [1.807, 2.05) is 0 Å². The number of thiazole rings is 1. The first-order valence-electron chi connectivity index (χ1n) is 5.02. The predicted molar refractivity (Wildman–Crippen MR) is 63.3 cm³/mol. The van der Waals surface area contributed by atoms with Crippen LogP contribution in [0.1, 0.15) is 26.8 Å². The van der Waals surface area contributed by atoms with Crippen molar-refractivity contribution in [1.82, 2.24) is 15.0 Å². The highest BCUT2D eigenvalue weighted by atomic mass is 35.5. The van der Waals surface area contributed by atoms with Crippen LogP contribution < -0.4 is 5.73 Å². The van der Waals surface area contributed by atoms with Crippen molar-refractivity contribution in [3.63, 3.8) is 0 Å². The third-order valence-electron chi connectivity index (χ3n) is 2.88. The maximum Gasteiger partial charge on any atom is 0.277 e. The Morgan fingerprint density at radius 3 is 2.69 bits per heavy atom. The second kappa shape index (κ2) is 4.29. The lowest BCUT2D eigenvalue weighted by Gasteiger charge is -2.31. The van der Waals surface area contributed by atoms with Gasteiger partial charge in [0.15, 0.2) is 5.01 Å². The van der Waals surface area contributed by atoms with Gasteiger partial charge < -0.3 is 5.73 Å². The van der Waals surface area contributed by atoms with Gasteiger partial charge in [-0.25, -0.2) is 15.0 Å². The number of carbonyl (C=O) groups is 1. The molecule has 2 aliphatic heterocycles. The molecule has 0 radical (unpaired) electrons. The van der Waals surface area contributed by atoms with Crippen LogP contribution in [0.15, 0.2) is 0 Å². The second-order valence-corrected chi connectivity index (χ2v) is 4.97. The third kappa shape index (κ3) is 1.82. The molecular weight excluding hydrogens is 248 g/mol. The first-order valence-corrected chi connectivity index (χ1v) is 5.84. The number of fused-ring (bicyclic) bond motifs is 2. The Labute approximate surface area is 104 Å². The molecule has 0 saturated carbocycles. The molecule has 0 spiro atoms. The number of halogens is 1. The number of hydrogen-bond acceptors (Lipinski definition) is 5. The van der Waals surface area contributed by atoms with Crippen LogP contribution in [-0.4, -0.2) is 34.0 Å². The van der Waals surface area contributed by atoms with Crippen molar-refractivity contribution in [3.8, 4) is 0 Å². The molecule has 5 nitrogen and oxygen atoms in total. The lowest BCUT2D eigenvalue weighted by atomic mass is 10.3. The molecule has 2 aliphatic rings. The lowest BCUT2D eigenvalue weighted by molar-refractivity contribution is -0.00170. The lowest BCUT2D eigenvalue weighted by Crippen LogP contribution is -2.39. The Morgan fingerprint density at radius 1 is 1.31 bits per heavy atom. The van der Waals surface area contributed by atoms with Crippen LogP contribution in [0.3, 0.4) is 0 Å². The van der Waals surface area contributed by atoms with Crippen molar-refractivity contribution in [3.05, 3.63) is 15.6 Å². The number of amides is 1. The van der Waals surface area contributed by atoms with E-state index in [1.165, 1.54) is 22.6 Å². The van der Waals surface area contributed by atoms with E-state index in [0.29, 0.717) is 5.01 Å². The average molecular weight is 261 g/mol. The van der Waals surface area contributed by atoms with E-state index in [0.717, 1.165) is 31.9 Å². The number of carbonyl (C=O) groups excluding carboxylic acids is 1. The minimum Gasteiger partial charge on any atom is -0.364 e. The number of nitrogens with zero attached hydrogens (tertiary/aromatic N) is 3. The standard InChI is InChI=1S/C9H12N4OS.ClH/c10-8(14)9-11-6-4-12-2-1-3-13(12)5-7(6)15-9;/h1-5H2,(H2,10,14);1H. The molecular formula is C9H13ClN4OS. The fourth-order valence-corrected chi connectivity index (χ4v) is 3.08. The second-order valence-electron chi connectivity index (χ2n) is 3.88. The number of hydrogen-bond donors (Lipinski definition) is 1. The van der Waals surface area contributed by atoms with Crippen molar-refractivity contribution in [1.29, 1.82) is 0 Å². The van der Waals surface area contributed by atoms with Crippen LogP contribution in [0.2, 0.25) is 0 Å². The van der Waals surface area contributed by atoms with Crippen molar-refractivity contribution >= 4 is 29.7 Å². The van der Waals surface area contributed by atoms with Gasteiger partial charge in [-0.1, -0.05) is 0 Å². The molecule has 2 N–H and O–H groups in total. The molecule has 0 bridgehead atoms. The van der Waals surface area contributed by atoms with E-state index in [1.54, 1.807) is 0 Å². The minimum absolute atomic E-state index is 0. The van der Waals surface area contributed by atoms with E-state index < -0.39 is 5.91 Å². The maximum absolute atomic E-state index is 11.0. The molecule has 7 heteroatoms. The normalized spacial score (nSPS) is 20.0. The predicted octanol–water partition coefficient (Wildman–Crippen LogP) is 0.600. The Bertz CT molecular complexity index is 392. The maximum atomic E-state index is 11.0. The number of aromatic nitrogens is 1. The van der Waals surface area contributed by atoms with Gasteiger partial charge in [-0.05, 0) is 6.42 Å². The van der Waals surface area contributed by atoms with E-state index in [2.05, 4.69) is 15.0 Å². The van der Waals surface area contributed by atoms with E-state index >= 15 is 0 Å². The van der Waals surface area contributed by atoms with E-state index in [-0.39, 0.29) is 12.4 Å². The molecule has 1 aromatic rings. The summed E-state index contributed by atoms with van der Waals surface area (Å²) in [4.78, 5) is 16.5. The average Bonchev–Trinajstić information content (AvgIpc) is 2.77. The van der Waals surface area contributed by atoms with Crippen molar-refractivity contribution in [2.24, 2.45) is 5.73 Å². The topological polar surface area (TPSA) is 62.5 Å². The SMILES string of the molecule is Cl.NC(=O)c1nc2c(s1)CN1CCCN1C2. The first kappa shape index (κ1) is 11.8. The Morgan fingerprint density at radius 2 is 2.00 bits per heavy atom. The van der Waals surface area contributed by atoms with E-state index in [9.17, 15) is 4.79 Å². The molecule has 16 heavy (non-hydrogen) atoms. The smallest absolute Gasteiger partial charge is 0.277 e. The Balaban J connectivity index is 0.000000963. The third-order valence-corrected chi connectivity index (χ3v) is 3.98. The van der Waals surface area contributed by atoms with E-state index in [4.69, 9.17) is 5.73 Å². The molecule has 3 heterocycles. The van der Waals surface area contributed by atoms with Crippen LogP contribution in [0.5, 0.6) is 0 Å². The molecule has 0 atom stereocenters. The van der Waals surface area contributed by atoms with Crippen molar-refractivity contribution in [2.75, 3.05) is 13.1 Å². The van der Waals surface area contributed by atoms with Crippen LogP contribution >= 0.6 is 23.7 Å². The molecule has 1 fully saturated rings. The highest BCUT2D eigenvalue weighted by molar-refractivity contribution is 7.13. The largest absolute Gasteiger partial charge is 0.364 e. The van der Waals surface area contributed by atoms with Gasteiger partial charge in [-0.2, -0.15) is 0 Å². The van der Waals surface area contributed by atoms with Gasteiger partial charge in [-0.3, -0.25) is 4.79 Å². The van der Waals surface area contributed by atoms with Gasteiger partial charge in [0.1, 0.15) is 0 Å². The number of primary amides is 1. The summed E-state index contributed by atoms with van der Waals surface area (Å²) in [7, 11) is 0. The monoisotopic (exact) mass is 260 g/mol. The molecule has 3 rings (SSSR count). The van der Waals surface area contributed by atoms with Crippen LogP contribution in [0, 0.1) is 0 Å². The van der Waals surface area contributed by atoms with Crippen LogP contribution in [-0.2, 0) is 13.1 Å². The fourth-order valence-electron chi connectivity index (χ4n) is 2.15. The number of hydrazine groups is 1. The molecule has 1 saturated heterocycles. The molecule has 88 valence electrons. The molecule has 0 unspecified atom stereocenters. The van der Waals surface area contributed by atoms with Gasteiger partial charge in [-0.15, -0.1) is 23.7 Å². The quantitative estimate of drug-likeness (QED) is 0.803. The molecule has 0 aromatic carbocycles. The van der Waals surface area contributed by atoms with Crippen LogP contribution in [0.4, 0.5) is 0 Å². The zero-order chi connectivity index (χ0) is 10.4. The fraction of sp³-hybridized carbons (Fsp3) is 0.556. The summed E-state index contributed by atoms with van der Waals surface area (Å²) in [5.41, 5.74) is 6.26. The van der Waals surface area contributed by atoms with Gasteiger partial charge in [0, 0.05) is 24.5 Å². The number of nitrogens with two attached hydrogens (primary N) is 1. The summed E-state index contributed by atoms with van der Waals surface area (Å²) in [5, 5.41) is 5.07. The van der Waals surface area contributed by atoms with Gasteiger partial charge in [0.05, 0.1) is 12.2 Å². The molecule has 1 aromatic heterocycles. The van der Waals surface area contributed by atoms with Crippen molar-refractivity contribution in [2.45, 2.75) is 19.5 Å². The first-order chi connectivity index (χ1) is 7.24. The van der Waals surface area contributed by atoms with Gasteiger partial charge >= 0.3 is 0 Å². The Kier molecular flexibility index (Phi) is 3.16. The highest BCUT2D eigenvalue weighted by Crippen LogP contribution is 2.29. The van der Waals surface area contributed by atoms with Gasteiger partial charge in [0.2, 0.25) is 0 Å². The summed E-state index contributed by atoms with van der Waals surface area (Å²) in [6.45, 7) is 3.94. The summed E-state index contributed by atoms with van der Waals surface area (Å²) in [6, 6.07) is 0. The summed E-state index contributed by atoms with van der Waals surface area (Å²) in [6.07, 6.45) is 1.22. The summed E-state index contributed by atoms with van der Waals surface area (Å²) in [5.74, 6) is -0.412.